The summed E-state index contributed by atoms with van der Waals surface area (Å²) in [5, 5.41) is 15.9. The summed E-state index contributed by atoms with van der Waals surface area (Å²) in [6, 6.07) is 20.5. The number of anilines is 1. The van der Waals surface area contributed by atoms with Gasteiger partial charge in [-0.25, -0.2) is 17.5 Å². The van der Waals surface area contributed by atoms with Crippen molar-refractivity contribution in [2.75, 3.05) is 11.6 Å². The minimum atomic E-state index is -3.53. The molecule has 0 radical (unpaired) electrons. The fourth-order valence-electron chi connectivity index (χ4n) is 3.61. The van der Waals surface area contributed by atoms with Crippen molar-refractivity contribution in [1.29, 1.82) is 5.26 Å². The first kappa shape index (κ1) is 23.8. The molecule has 0 saturated carbocycles. The van der Waals surface area contributed by atoms with Crippen LogP contribution in [0.15, 0.2) is 77.7 Å². The number of halogens is 1. The third-order valence-electron chi connectivity index (χ3n) is 5.26. The van der Waals surface area contributed by atoms with Crippen LogP contribution in [0.2, 0.25) is 0 Å². The molecule has 3 aromatic carbocycles. The molecule has 4 rings (SSSR count). The molecule has 176 valence electrons. The molecule has 0 aliphatic rings. The number of nitriles is 1. The Labute approximate surface area is 201 Å². The number of hydrogen-bond acceptors (Lipinski definition) is 6. The van der Waals surface area contributed by atoms with E-state index in [9.17, 15) is 22.9 Å². The van der Waals surface area contributed by atoms with Gasteiger partial charge >= 0.3 is 0 Å². The third-order valence-corrected chi connectivity index (χ3v) is 6.42. The van der Waals surface area contributed by atoms with Gasteiger partial charge in [0.15, 0.2) is 15.5 Å². The fraction of sp³-hybridized carbons (Fsp3) is 0.0800. The quantitative estimate of drug-likeness (QED) is 0.425. The summed E-state index contributed by atoms with van der Waals surface area (Å²) in [4.78, 5) is 13.1. The van der Waals surface area contributed by atoms with Crippen LogP contribution >= 0.6 is 0 Å². The molecule has 1 heterocycles. The molecule has 10 heteroatoms. The zero-order valence-corrected chi connectivity index (χ0v) is 19.4. The Hall–Kier alpha value is -4.33. The van der Waals surface area contributed by atoms with Gasteiger partial charge in [-0.3, -0.25) is 4.79 Å². The van der Waals surface area contributed by atoms with Crippen LogP contribution in [-0.4, -0.2) is 30.4 Å². The van der Waals surface area contributed by atoms with Crippen molar-refractivity contribution < 1.29 is 17.6 Å². The normalized spacial score (nSPS) is 11.1. The van der Waals surface area contributed by atoms with Gasteiger partial charge in [-0.2, -0.15) is 10.4 Å². The lowest BCUT2D eigenvalue weighted by Crippen LogP contribution is -2.18. The van der Waals surface area contributed by atoms with E-state index < -0.39 is 21.6 Å². The van der Waals surface area contributed by atoms with E-state index in [0.29, 0.717) is 16.8 Å². The number of hydrogen-bond donors (Lipinski definition) is 2. The molecule has 8 nitrogen and oxygen atoms in total. The van der Waals surface area contributed by atoms with Gasteiger partial charge in [-0.05, 0) is 41.5 Å². The van der Waals surface area contributed by atoms with Crippen LogP contribution in [0.5, 0.6) is 0 Å². The number of rotatable bonds is 6. The lowest BCUT2D eigenvalue weighted by atomic mass is 10.0. The van der Waals surface area contributed by atoms with Crippen molar-refractivity contribution >= 4 is 21.4 Å². The molecule has 0 spiro atoms. The number of amides is 1. The van der Waals surface area contributed by atoms with Crippen LogP contribution in [0.25, 0.3) is 16.8 Å². The van der Waals surface area contributed by atoms with Gasteiger partial charge in [0.05, 0.1) is 16.3 Å². The van der Waals surface area contributed by atoms with E-state index in [1.54, 1.807) is 36.4 Å². The smallest absolute Gasteiger partial charge is 0.274 e. The molecule has 0 atom stereocenters. The van der Waals surface area contributed by atoms with Crippen molar-refractivity contribution in [2.24, 2.45) is 5.73 Å². The number of carbonyl (C=O) groups is 1. The van der Waals surface area contributed by atoms with Crippen molar-refractivity contribution in [3.05, 3.63) is 95.6 Å². The molecular formula is C25H20FN5O3S. The van der Waals surface area contributed by atoms with Gasteiger partial charge in [-0.1, -0.05) is 36.4 Å². The Balaban J connectivity index is 1.67. The Morgan fingerprint density at radius 1 is 1.11 bits per heavy atom. The van der Waals surface area contributed by atoms with Crippen LogP contribution in [0.4, 0.5) is 10.1 Å². The molecule has 0 unspecified atom stereocenters. The van der Waals surface area contributed by atoms with E-state index in [1.807, 2.05) is 12.1 Å². The largest absolute Gasteiger partial charge is 0.326 e. The highest BCUT2D eigenvalue weighted by atomic mass is 32.2. The summed E-state index contributed by atoms with van der Waals surface area (Å²) >= 11 is 0. The number of nitrogens with two attached hydrogens (primary N) is 1. The molecule has 0 aliphatic carbocycles. The number of nitrogens with zero attached hydrogens (tertiary/aromatic N) is 3. The molecule has 0 aliphatic heterocycles. The highest BCUT2D eigenvalue weighted by Gasteiger charge is 2.20. The fourth-order valence-corrected chi connectivity index (χ4v) is 4.52. The number of sulfone groups is 1. The number of aromatic nitrogens is 2. The summed E-state index contributed by atoms with van der Waals surface area (Å²) in [6.07, 6.45) is 1.08. The molecule has 3 N–H and O–H groups in total. The lowest BCUT2D eigenvalue weighted by Gasteiger charge is -2.12. The highest BCUT2D eigenvalue weighted by Crippen LogP contribution is 2.30. The van der Waals surface area contributed by atoms with E-state index in [2.05, 4.69) is 10.4 Å². The summed E-state index contributed by atoms with van der Waals surface area (Å²) in [5.74, 6) is -1.43. The summed E-state index contributed by atoms with van der Waals surface area (Å²) in [7, 11) is -3.53. The lowest BCUT2D eigenvalue weighted by molar-refractivity contribution is 0.101. The predicted octanol–water partition coefficient (Wildman–Crippen LogP) is 3.66. The first-order valence-electron chi connectivity index (χ1n) is 10.4. The molecule has 0 fully saturated rings. The third kappa shape index (κ3) is 4.96. The van der Waals surface area contributed by atoms with E-state index in [4.69, 9.17) is 5.73 Å². The number of benzene rings is 3. The monoisotopic (exact) mass is 489 g/mol. The zero-order valence-electron chi connectivity index (χ0n) is 18.6. The molecular weight excluding hydrogens is 469 g/mol. The van der Waals surface area contributed by atoms with Crippen LogP contribution in [0.3, 0.4) is 0 Å². The SMILES string of the molecule is CS(=O)(=O)c1ccccc1-c1ccc(NC(=O)c2cc(C#N)nn2-c2cccc(CN)c2)c(F)c1. The minimum Gasteiger partial charge on any atom is -0.326 e. The zero-order chi connectivity index (χ0) is 25.2. The second-order valence-electron chi connectivity index (χ2n) is 7.73. The maximum Gasteiger partial charge on any atom is 0.274 e. The summed E-state index contributed by atoms with van der Waals surface area (Å²) < 4.78 is 40.5. The molecule has 1 amide bonds. The first-order valence-corrected chi connectivity index (χ1v) is 12.3. The molecule has 0 bridgehead atoms. The Kier molecular flexibility index (Phi) is 6.46. The van der Waals surface area contributed by atoms with Crippen LogP contribution in [0, 0.1) is 17.1 Å². The Morgan fingerprint density at radius 3 is 2.57 bits per heavy atom. The van der Waals surface area contributed by atoms with Crippen LogP contribution in [-0.2, 0) is 16.4 Å². The molecule has 0 saturated heterocycles. The maximum absolute atomic E-state index is 15.0. The molecule has 4 aromatic rings. The number of carbonyl (C=O) groups excluding carboxylic acids is 1. The van der Waals surface area contributed by atoms with E-state index in [1.165, 1.54) is 28.9 Å². The molecule has 1 aromatic heterocycles. The van der Waals surface area contributed by atoms with Crippen molar-refractivity contribution in [3.8, 4) is 22.9 Å². The highest BCUT2D eigenvalue weighted by molar-refractivity contribution is 7.90. The van der Waals surface area contributed by atoms with Crippen LogP contribution in [0.1, 0.15) is 21.7 Å². The van der Waals surface area contributed by atoms with Crippen LogP contribution < -0.4 is 11.1 Å². The van der Waals surface area contributed by atoms with Gasteiger partial charge in [-0.15, -0.1) is 0 Å². The first-order chi connectivity index (χ1) is 16.7. The van der Waals surface area contributed by atoms with Crippen molar-refractivity contribution in [2.45, 2.75) is 11.4 Å². The van der Waals surface area contributed by atoms with Gasteiger partial charge in [0.25, 0.3) is 5.91 Å². The second kappa shape index (κ2) is 9.50. The van der Waals surface area contributed by atoms with Gasteiger partial charge in [0, 0.05) is 24.4 Å². The topological polar surface area (TPSA) is 131 Å². The Bertz CT molecular complexity index is 1590. The maximum atomic E-state index is 15.0. The number of nitrogens with one attached hydrogen (secondary N) is 1. The minimum absolute atomic E-state index is 0.0153. The Morgan fingerprint density at radius 2 is 1.89 bits per heavy atom. The van der Waals surface area contributed by atoms with E-state index in [-0.39, 0.29) is 28.5 Å². The van der Waals surface area contributed by atoms with Gasteiger partial charge < -0.3 is 11.1 Å². The summed E-state index contributed by atoms with van der Waals surface area (Å²) in [5.41, 5.74) is 7.65. The average Bonchev–Trinajstić information content (AvgIpc) is 3.30. The van der Waals surface area contributed by atoms with E-state index >= 15 is 0 Å². The average molecular weight is 490 g/mol. The van der Waals surface area contributed by atoms with E-state index in [0.717, 1.165) is 17.9 Å². The van der Waals surface area contributed by atoms with Gasteiger partial charge in [0.1, 0.15) is 17.6 Å². The van der Waals surface area contributed by atoms with Gasteiger partial charge in [0.2, 0.25) is 0 Å². The standard InChI is InChI=1S/C25H20FN5O3S/c1-35(33,34)24-8-3-2-7-20(24)17-9-10-22(21(26)12-17)29-25(32)23-13-18(15-28)30-31(23)19-6-4-5-16(11-19)14-27/h2-13H,14,27H2,1H3,(H,29,32). The predicted molar refractivity (Wildman–Crippen MR) is 129 cm³/mol. The van der Waals surface area contributed by atoms with Crippen molar-refractivity contribution in [3.63, 3.8) is 0 Å². The van der Waals surface area contributed by atoms with Crippen molar-refractivity contribution in [1.82, 2.24) is 9.78 Å². The second-order valence-corrected chi connectivity index (χ2v) is 9.71. The summed E-state index contributed by atoms with van der Waals surface area (Å²) in [6.45, 7) is 0.280. The molecule has 35 heavy (non-hydrogen) atoms.